The first-order valence-electron chi connectivity index (χ1n) is 10.4. The van der Waals surface area contributed by atoms with Gasteiger partial charge in [0.25, 0.3) is 0 Å². The smallest absolute Gasteiger partial charge is 0.145 e. The van der Waals surface area contributed by atoms with E-state index in [1.807, 2.05) is 41.2 Å². The Bertz CT molecular complexity index is 1190. The minimum absolute atomic E-state index is 0.0371. The van der Waals surface area contributed by atoms with Crippen LogP contribution < -0.4 is 5.73 Å². The normalized spacial score (nSPS) is 24.1. The van der Waals surface area contributed by atoms with E-state index in [2.05, 4.69) is 27.1 Å². The van der Waals surface area contributed by atoms with Crippen LogP contribution in [0.4, 0.5) is 5.82 Å². The molecular formula is C23H25N5O2. The number of benzene rings is 1. The zero-order valence-corrected chi connectivity index (χ0v) is 16.6. The summed E-state index contributed by atoms with van der Waals surface area (Å²) in [5, 5.41) is 23.3. The van der Waals surface area contributed by atoms with Gasteiger partial charge >= 0.3 is 0 Å². The molecule has 0 bridgehead atoms. The molecule has 0 amide bonds. The largest absolute Gasteiger partial charge is 0.390 e. The maximum atomic E-state index is 10.7. The van der Waals surface area contributed by atoms with Crippen molar-refractivity contribution < 1.29 is 10.2 Å². The molecule has 1 aliphatic carbocycles. The zero-order valence-electron chi connectivity index (χ0n) is 16.6. The maximum Gasteiger partial charge on any atom is 0.145 e. The van der Waals surface area contributed by atoms with Crippen LogP contribution in [0.2, 0.25) is 0 Å². The van der Waals surface area contributed by atoms with Crippen LogP contribution in [0.15, 0.2) is 55.1 Å². The summed E-state index contributed by atoms with van der Waals surface area (Å²) in [5.41, 5.74) is 8.83. The van der Waals surface area contributed by atoms with Crippen molar-refractivity contribution in [3.05, 3.63) is 60.7 Å². The average molecular weight is 403 g/mol. The van der Waals surface area contributed by atoms with E-state index >= 15 is 0 Å². The van der Waals surface area contributed by atoms with Crippen LogP contribution >= 0.6 is 0 Å². The highest BCUT2D eigenvalue weighted by Gasteiger charge is 2.42. The topological polar surface area (TPSA) is 110 Å². The van der Waals surface area contributed by atoms with E-state index in [0.29, 0.717) is 17.9 Å². The molecule has 7 heteroatoms. The highest BCUT2D eigenvalue weighted by atomic mass is 16.3. The lowest BCUT2D eigenvalue weighted by Crippen LogP contribution is -2.29. The summed E-state index contributed by atoms with van der Waals surface area (Å²) in [7, 11) is 0. The van der Waals surface area contributed by atoms with E-state index in [-0.39, 0.29) is 12.0 Å². The predicted molar refractivity (Wildman–Crippen MR) is 116 cm³/mol. The fourth-order valence-corrected chi connectivity index (χ4v) is 4.74. The Morgan fingerprint density at radius 2 is 1.93 bits per heavy atom. The molecule has 1 aliphatic rings. The number of hydrogen-bond donors (Lipinski definition) is 3. The molecule has 0 saturated heterocycles. The lowest BCUT2D eigenvalue weighted by Gasteiger charge is -2.19. The molecule has 3 heterocycles. The fraction of sp³-hybridized carbons (Fsp3) is 0.348. The van der Waals surface area contributed by atoms with Crippen molar-refractivity contribution in [2.75, 3.05) is 5.73 Å². The third kappa shape index (κ3) is 3.30. The fourth-order valence-electron chi connectivity index (χ4n) is 4.74. The number of nitrogens with two attached hydrogens (primary N) is 1. The summed E-state index contributed by atoms with van der Waals surface area (Å²) in [6, 6.07) is 11.9. The van der Waals surface area contributed by atoms with E-state index in [1.54, 1.807) is 0 Å². The first-order valence-corrected chi connectivity index (χ1v) is 10.4. The van der Waals surface area contributed by atoms with Gasteiger partial charge in [-0.25, -0.2) is 9.97 Å². The van der Waals surface area contributed by atoms with Gasteiger partial charge in [-0.1, -0.05) is 18.2 Å². The van der Waals surface area contributed by atoms with Crippen LogP contribution in [-0.2, 0) is 6.42 Å². The minimum Gasteiger partial charge on any atom is -0.390 e. The molecule has 7 nitrogen and oxygen atoms in total. The first-order chi connectivity index (χ1) is 14.6. The van der Waals surface area contributed by atoms with Crippen molar-refractivity contribution in [1.82, 2.24) is 19.5 Å². The number of nitrogen functional groups attached to an aromatic ring is 1. The molecule has 30 heavy (non-hydrogen) atoms. The SMILES string of the molecule is Nc1ncnc2c1ccn2[C@@H]1C[C@H](CCCc2cnc3ccccc3c2)[C@@H](O)[C@H]1O. The number of aryl methyl sites for hydroxylation is 1. The van der Waals surface area contributed by atoms with Crippen LogP contribution in [0.5, 0.6) is 0 Å². The summed E-state index contributed by atoms with van der Waals surface area (Å²) in [4.78, 5) is 12.9. The molecule has 4 aromatic rings. The van der Waals surface area contributed by atoms with Gasteiger partial charge in [0.05, 0.1) is 23.0 Å². The Labute approximate surface area is 174 Å². The molecule has 1 fully saturated rings. The van der Waals surface area contributed by atoms with E-state index in [9.17, 15) is 10.2 Å². The molecular weight excluding hydrogens is 378 g/mol. The second-order valence-corrected chi connectivity index (χ2v) is 8.19. The lowest BCUT2D eigenvalue weighted by atomic mass is 9.96. The lowest BCUT2D eigenvalue weighted by molar-refractivity contribution is 0.00511. The maximum absolute atomic E-state index is 10.7. The third-order valence-corrected chi connectivity index (χ3v) is 6.36. The Hall–Kier alpha value is -3.03. The van der Waals surface area contributed by atoms with Gasteiger partial charge in [0.1, 0.15) is 23.9 Å². The van der Waals surface area contributed by atoms with Gasteiger partial charge in [0, 0.05) is 17.8 Å². The molecule has 4 atom stereocenters. The van der Waals surface area contributed by atoms with Gasteiger partial charge in [0.15, 0.2) is 0 Å². The molecule has 1 aromatic carbocycles. The van der Waals surface area contributed by atoms with Crippen LogP contribution in [0.3, 0.4) is 0 Å². The van der Waals surface area contributed by atoms with E-state index in [0.717, 1.165) is 35.6 Å². The van der Waals surface area contributed by atoms with Crippen molar-refractivity contribution >= 4 is 27.8 Å². The molecule has 3 aromatic heterocycles. The Morgan fingerprint density at radius 3 is 2.83 bits per heavy atom. The number of anilines is 1. The van der Waals surface area contributed by atoms with Gasteiger partial charge in [-0.15, -0.1) is 0 Å². The van der Waals surface area contributed by atoms with Crippen molar-refractivity contribution in [3.8, 4) is 0 Å². The number of para-hydroxylation sites is 1. The summed E-state index contributed by atoms with van der Waals surface area (Å²) in [5.74, 6) is 0.461. The molecule has 4 N–H and O–H groups in total. The summed E-state index contributed by atoms with van der Waals surface area (Å²) < 4.78 is 1.93. The Kier molecular flexibility index (Phi) is 4.84. The van der Waals surface area contributed by atoms with Gasteiger partial charge < -0.3 is 20.5 Å². The number of aliphatic hydroxyl groups is 2. The zero-order chi connectivity index (χ0) is 20.7. The second-order valence-electron chi connectivity index (χ2n) is 8.19. The Morgan fingerprint density at radius 1 is 1.07 bits per heavy atom. The molecule has 1 saturated carbocycles. The Balaban J connectivity index is 1.27. The number of pyridine rings is 1. The van der Waals surface area contributed by atoms with Crippen molar-refractivity contribution in [3.63, 3.8) is 0 Å². The van der Waals surface area contributed by atoms with Crippen LogP contribution in [0.25, 0.3) is 21.9 Å². The molecule has 154 valence electrons. The van der Waals surface area contributed by atoms with Gasteiger partial charge in [-0.05, 0) is 55.4 Å². The number of aromatic nitrogens is 4. The molecule has 0 aliphatic heterocycles. The van der Waals surface area contributed by atoms with Crippen molar-refractivity contribution in [2.45, 2.75) is 43.9 Å². The monoisotopic (exact) mass is 403 g/mol. The predicted octanol–water partition coefficient (Wildman–Crippen LogP) is 2.87. The minimum atomic E-state index is -0.830. The molecule has 0 spiro atoms. The quantitative estimate of drug-likeness (QED) is 0.473. The number of fused-ring (bicyclic) bond motifs is 2. The number of rotatable bonds is 5. The van der Waals surface area contributed by atoms with Crippen LogP contribution in [0, 0.1) is 5.92 Å². The highest BCUT2D eigenvalue weighted by Crippen LogP contribution is 2.39. The summed E-state index contributed by atoms with van der Waals surface area (Å²) >= 11 is 0. The average Bonchev–Trinajstić information content (AvgIpc) is 3.31. The molecule has 5 rings (SSSR count). The van der Waals surface area contributed by atoms with Crippen LogP contribution in [0.1, 0.15) is 30.9 Å². The van der Waals surface area contributed by atoms with E-state index < -0.39 is 12.2 Å². The van der Waals surface area contributed by atoms with Crippen molar-refractivity contribution in [1.29, 1.82) is 0 Å². The number of nitrogens with zero attached hydrogens (tertiary/aromatic N) is 4. The number of aliphatic hydroxyl groups excluding tert-OH is 2. The first kappa shape index (κ1) is 19.0. The van der Waals surface area contributed by atoms with E-state index in [1.165, 1.54) is 11.9 Å². The molecule has 0 radical (unpaired) electrons. The molecule has 0 unspecified atom stereocenters. The van der Waals surface area contributed by atoms with Gasteiger partial charge in [-0.3, -0.25) is 4.98 Å². The third-order valence-electron chi connectivity index (χ3n) is 6.36. The number of hydrogen-bond acceptors (Lipinski definition) is 6. The van der Waals surface area contributed by atoms with Crippen LogP contribution in [-0.4, -0.2) is 41.9 Å². The van der Waals surface area contributed by atoms with Gasteiger partial charge in [0.2, 0.25) is 0 Å². The summed E-state index contributed by atoms with van der Waals surface area (Å²) in [6.45, 7) is 0. The standard InChI is InChI=1S/C23H25N5O2/c24-22-17-8-9-28(23(17)27-13-26-22)19-11-16(20(29)21(19)30)6-3-4-14-10-15-5-1-2-7-18(15)25-12-14/h1-2,5,7-10,12-13,16,19-21,29-30H,3-4,6,11H2,(H2,24,26,27)/t16-,19+,20+,21-/m0/s1. The van der Waals surface area contributed by atoms with Crippen molar-refractivity contribution in [2.24, 2.45) is 5.92 Å². The summed E-state index contributed by atoms with van der Waals surface area (Å²) in [6.07, 6.45) is 7.04. The van der Waals surface area contributed by atoms with E-state index in [4.69, 9.17) is 5.73 Å². The second kappa shape index (κ2) is 7.66. The van der Waals surface area contributed by atoms with Gasteiger partial charge in [-0.2, -0.15) is 0 Å². The highest BCUT2D eigenvalue weighted by molar-refractivity contribution is 5.86.